The van der Waals surface area contributed by atoms with Crippen LogP contribution in [-0.2, 0) is 160 Å². The van der Waals surface area contributed by atoms with E-state index in [-0.39, 0.29) is 183 Å². The van der Waals surface area contributed by atoms with E-state index in [1.165, 1.54) is 24.3 Å². The van der Waals surface area contributed by atoms with E-state index in [1.807, 2.05) is 190 Å². The van der Waals surface area contributed by atoms with Crippen LogP contribution >= 0.6 is 0 Å². The third-order valence-electron chi connectivity index (χ3n) is 10.9. The van der Waals surface area contributed by atoms with Crippen LogP contribution in [0.3, 0.4) is 0 Å². The molecule has 0 aliphatic heterocycles. The molecule has 0 amide bonds. The predicted octanol–water partition coefficient (Wildman–Crippen LogP) is -0.956. The summed E-state index contributed by atoms with van der Waals surface area (Å²) < 4.78 is 0. The monoisotopic (exact) mass is 1640 g/mol. The Morgan fingerprint density at radius 1 is 0.182 bits per heavy atom. The van der Waals surface area contributed by atoms with Gasteiger partial charge in [0.05, 0.1) is 0 Å². The van der Waals surface area contributed by atoms with Gasteiger partial charge in [-0.15, -0.1) is 46.0 Å². The first-order valence-corrected chi connectivity index (χ1v) is 28.2. The number of benzene rings is 4. The third kappa shape index (κ3) is 70.3. The molecule has 0 saturated heterocycles. The first-order chi connectivity index (χ1) is 42.1. The smallest absolute Gasteiger partial charge is 0.0319 e. The van der Waals surface area contributed by atoms with E-state index in [1.54, 1.807) is 0 Å². The SMILES string of the molecule is CC(C)(C)c1cc([O-])c([O-])c(C(C)(C)C)c1.CC(C)(C)c1cc([O-])c([O-])c(C(C)(C)C)c1.CC(C)(C)c1cc([O-])c([O-])c(C(C)(C)C)c1.CC(C)(C)c1cc([O-])c([O-])c(C(C)(C)C)c1.CO.CO.CO.CO.CO.CO.C[O-].C[O-].C[O-].C[O-].C[O-].C[O-].C[O-].C[O-].[O-2].[V].[V].[V].[V].[V].[V]. The molecule has 0 aromatic heterocycles. The van der Waals surface area contributed by atoms with Crippen molar-refractivity contribution in [3.63, 3.8) is 0 Å². The normalized spacial score (nSPS) is 9.17. The number of rotatable bonds is 0. The van der Waals surface area contributed by atoms with Gasteiger partial charge in [-0.1, -0.05) is 237 Å². The standard InChI is InChI=1S/4C14H22O2.6CH4O.8CH3O.O.6V/c4*1-13(2,3)9-7-10(14(4,5)6)12(16)11(15)8-9;14*1-2;;;;;;;/h4*7-8,15-16H,1-6H3;6*2H,1H3;8*1H3;;;;;;;/q;;;;;;;;;;8*-1;-2;;;;;;/p-8. The first-order valence-electron chi connectivity index (χ1n) is 28.2. The second-order valence-corrected chi connectivity index (χ2v) is 25.4. The Morgan fingerprint density at radius 3 is 0.323 bits per heavy atom. The molecule has 4 aromatic carbocycles. The first kappa shape index (κ1) is 155. The van der Waals surface area contributed by atoms with E-state index >= 15 is 0 Å². The van der Waals surface area contributed by atoms with Crippen LogP contribution in [0.2, 0.25) is 0 Å². The van der Waals surface area contributed by atoms with Gasteiger partial charge in [-0.25, -0.2) is 0 Å². The molecule has 0 heterocycles. The molecule has 0 fully saturated rings. The van der Waals surface area contributed by atoms with Gasteiger partial charge in [0.15, 0.2) is 0 Å². The van der Waals surface area contributed by atoms with E-state index in [4.69, 9.17) is 71.5 Å². The van der Waals surface area contributed by atoms with Crippen LogP contribution in [0.15, 0.2) is 48.5 Å². The second-order valence-electron chi connectivity index (χ2n) is 25.4. The summed E-state index contributed by atoms with van der Waals surface area (Å²) in [5, 5.41) is 202. The van der Waals surface area contributed by atoms with Gasteiger partial charge < -0.3 is 118 Å². The molecule has 4 rings (SSSR count). The summed E-state index contributed by atoms with van der Waals surface area (Å²) in [5.41, 5.74) is 4.65. The van der Waals surface area contributed by atoms with Crippen molar-refractivity contribution in [3.05, 3.63) is 93.0 Å². The van der Waals surface area contributed by atoms with Crippen LogP contribution in [0.1, 0.15) is 211 Å². The molecule has 4 aromatic rings. The van der Waals surface area contributed by atoms with Crippen molar-refractivity contribution in [2.75, 3.05) is 99.5 Å². The van der Waals surface area contributed by atoms with Gasteiger partial charge in [0.1, 0.15) is 0 Å². The summed E-state index contributed by atoms with van der Waals surface area (Å²) in [4.78, 5) is 0. The second kappa shape index (κ2) is 83.5. The minimum Gasteiger partial charge on any atom is -2.00 e. The number of aliphatic hydroxyl groups is 6. The zero-order valence-corrected chi connectivity index (χ0v) is 75.3. The maximum absolute atomic E-state index is 11.8. The average Bonchev–Trinajstić information content (AvgIpc) is 0.952. The van der Waals surface area contributed by atoms with E-state index in [9.17, 15) is 40.9 Å². The van der Waals surface area contributed by atoms with Gasteiger partial charge >= 0.3 is 0 Å². The Labute approximate surface area is 671 Å². The van der Waals surface area contributed by atoms with Gasteiger partial charge in [-0.3, -0.25) is 0 Å². The summed E-state index contributed by atoms with van der Waals surface area (Å²) in [5.74, 6) is -3.01. The molecule has 0 aliphatic carbocycles. The maximum atomic E-state index is 11.8. The van der Waals surface area contributed by atoms with E-state index < -0.39 is 23.0 Å². The van der Waals surface area contributed by atoms with Crippen molar-refractivity contribution in [2.45, 2.75) is 209 Å². The molecule has 6 radical (unpaired) electrons. The molecule has 0 saturated carbocycles. The van der Waals surface area contributed by atoms with Crippen molar-refractivity contribution >= 4 is 0 Å². The van der Waals surface area contributed by atoms with Gasteiger partial charge in [0.2, 0.25) is 0 Å². The zero-order valence-electron chi connectivity index (χ0n) is 66.9. The van der Waals surface area contributed by atoms with Crippen LogP contribution in [-0.4, -0.2) is 130 Å². The van der Waals surface area contributed by atoms with Crippen LogP contribution < -0.4 is 81.7 Å². The van der Waals surface area contributed by atoms with Gasteiger partial charge in [-0.05, 0) is 65.6 Å². The molecule has 0 spiro atoms. The zero-order chi connectivity index (χ0) is 78.9. The Morgan fingerprint density at radius 2 is 0.263 bits per heavy atom. The molecule has 0 aliphatic rings. The topological polar surface area (TPSA) is 519 Å². The molecular formula is C70H128O23V6-18. The maximum Gasteiger partial charge on any atom is 0.0319 e. The van der Waals surface area contributed by atoms with Crippen molar-refractivity contribution in [3.8, 4) is 46.0 Å². The Hall–Kier alpha value is -1.81. The minimum absolute atomic E-state index is 0. The molecule has 23 nitrogen and oxygen atoms in total. The van der Waals surface area contributed by atoms with Crippen LogP contribution in [0, 0.1) is 0 Å². The van der Waals surface area contributed by atoms with Crippen molar-refractivity contribution in [1.82, 2.24) is 0 Å². The quantitative estimate of drug-likeness (QED) is 0.124. The fourth-order valence-electron chi connectivity index (χ4n) is 6.37. The number of hydrogen-bond acceptors (Lipinski definition) is 22. The predicted molar refractivity (Wildman–Crippen MR) is 348 cm³/mol. The summed E-state index contributed by atoms with van der Waals surface area (Å²) in [6.07, 6.45) is 0. The number of aliphatic hydroxyl groups excluding tert-OH is 6. The largest absolute Gasteiger partial charge is 2.00 e. The Kier molecular flexibility index (Phi) is 131. The van der Waals surface area contributed by atoms with Gasteiger partial charge in [0.25, 0.3) is 0 Å². The summed E-state index contributed by atoms with van der Waals surface area (Å²) in [6, 6.07) is 13.4. The summed E-state index contributed by atoms with van der Waals surface area (Å²) in [6.45, 7) is 47.9. The van der Waals surface area contributed by atoms with E-state index in [2.05, 4.69) is 0 Å². The summed E-state index contributed by atoms with van der Waals surface area (Å²) >= 11 is 0. The Balaban J connectivity index is -0.0000000376. The van der Waals surface area contributed by atoms with Crippen molar-refractivity contribution < 1.29 is 229 Å². The fraction of sp³-hybridized carbons (Fsp3) is 0.657. The molecular weight excluding hydrogens is 1510 g/mol. The minimum atomic E-state index is -0.391. The third-order valence-corrected chi connectivity index (χ3v) is 10.9. The average molecular weight is 1640 g/mol. The van der Waals surface area contributed by atoms with Gasteiger partial charge in [-0.2, -0.15) is 56.9 Å². The van der Waals surface area contributed by atoms with Crippen molar-refractivity contribution in [1.29, 1.82) is 0 Å². The molecule has 99 heavy (non-hydrogen) atoms. The van der Waals surface area contributed by atoms with Gasteiger partial charge in [0, 0.05) is 154 Å². The molecule has 0 unspecified atom stereocenters. The molecule has 0 bridgehead atoms. The Bertz CT molecular complexity index is 1960. The van der Waals surface area contributed by atoms with E-state index in [0.29, 0.717) is 22.3 Å². The van der Waals surface area contributed by atoms with Crippen molar-refractivity contribution in [2.24, 2.45) is 0 Å². The van der Waals surface area contributed by atoms with Crippen LogP contribution in [0.4, 0.5) is 0 Å². The number of hydrogen-bond donors (Lipinski definition) is 6. The summed E-state index contributed by atoms with van der Waals surface area (Å²) in [7, 11) is 12.0. The molecule has 0 atom stereocenters. The van der Waals surface area contributed by atoms with E-state index in [0.717, 1.165) is 122 Å². The molecule has 594 valence electrons. The van der Waals surface area contributed by atoms with Crippen LogP contribution in [0.5, 0.6) is 46.0 Å². The van der Waals surface area contributed by atoms with Crippen LogP contribution in [0.25, 0.3) is 0 Å². The fourth-order valence-corrected chi connectivity index (χ4v) is 6.37. The molecule has 6 N–H and O–H groups in total. The molecule has 29 heteroatoms.